The van der Waals surface area contributed by atoms with Gasteiger partial charge in [-0.05, 0) is 32.8 Å². The Labute approximate surface area is 121 Å². The van der Waals surface area contributed by atoms with Crippen LogP contribution in [0, 0.1) is 6.92 Å². The minimum atomic E-state index is 0.0878. The van der Waals surface area contributed by atoms with E-state index in [0.29, 0.717) is 24.8 Å². The number of nitrogens with two attached hydrogens (primary N) is 1. The molecule has 20 heavy (non-hydrogen) atoms. The van der Waals surface area contributed by atoms with Crippen LogP contribution in [0.25, 0.3) is 0 Å². The first-order valence-corrected chi connectivity index (χ1v) is 7.72. The van der Waals surface area contributed by atoms with Gasteiger partial charge in [0, 0.05) is 25.7 Å². The number of carbonyl (C=O) groups excluding carboxylic acids is 1. The van der Waals surface area contributed by atoms with Gasteiger partial charge in [0.25, 0.3) is 5.91 Å². The number of aryl methyl sites for hydroxylation is 2. The second kappa shape index (κ2) is 6.88. The van der Waals surface area contributed by atoms with Gasteiger partial charge in [0.15, 0.2) is 0 Å². The summed E-state index contributed by atoms with van der Waals surface area (Å²) in [4.78, 5) is 14.8. The van der Waals surface area contributed by atoms with Crippen molar-refractivity contribution in [3.63, 3.8) is 0 Å². The Bertz CT molecular complexity index is 449. The van der Waals surface area contributed by atoms with E-state index in [1.807, 2.05) is 24.8 Å². The third kappa shape index (κ3) is 3.20. The van der Waals surface area contributed by atoms with Gasteiger partial charge >= 0.3 is 0 Å². The summed E-state index contributed by atoms with van der Waals surface area (Å²) in [6.45, 7) is 5.81. The van der Waals surface area contributed by atoms with Crippen LogP contribution in [-0.4, -0.2) is 39.7 Å². The van der Waals surface area contributed by atoms with E-state index in [1.165, 1.54) is 19.3 Å². The highest BCUT2D eigenvalue weighted by atomic mass is 16.2. The standard InChI is InChI=1S/C15H26N4O/c1-3-19-14(11-12(2)17-19)15(20)18(10-9-16)13-7-5-4-6-8-13/h11,13H,3-10,16H2,1-2H3. The number of hydrogen-bond acceptors (Lipinski definition) is 3. The van der Waals surface area contributed by atoms with Crippen molar-refractivity contribution >= 4 is 5.91 Å². The maximum atomic E-state index is 12.8. The Kier molecular flexibility index (Phi) is 5.17. The minimum Gasteiger partial charge on any atom is -0.333 e. The van der Waals surface area contributed by atoms with Gasteiger partial charge in [-0.15, -0.1) is 0 Å². The summed E-state index contributed by atoms with van der Waals surface area (Å²) in [5, 5.41) is 4.38. The van der Waals surface area contributed by atoms with Crippen LogP contribution in [0.3, 0.4) is 0 Å². The van der Waals surface area contributed by atoms with E-state index in [4.69, 9.17) is 5.73 Å². The largest absolute Gasteiger partial charge is 0.333 e. The molecule has 0 aromatic carbocycles. The maximum absolute atomic E-state index is 12.8. The molecular formula is C15H26N4O. The Balaban J connectivity index is 2.20. The second-order valence-electron chi connectivity index (χ2n) is 5.57. The molecule has 0 saturated heterocycles. The van der Waals surface area contributed by atoms with Gasteiger partial charge in [-0.3, -0.25) is 9.48 Å². The molecule has 1 aliphatic rings. The first kappa shape index (κ1) is 15.0. The van der Waals surface area contributed by atoms with Crippen molar-refractivity contribution in [3.05, 3.63) is 17.5 Å². The zero-order valence-corrected chi connectivity index (χ0v) is 12.6. The predicted octanol–water partition coefficient (Wildman–Crippen LogP) is 1.95. The fourth-order valence-electron chi connectivity index (χ4n) is 3.09. The third-order valence-corrected chi connectivity index (χ3v) is 4.07. The van der Waals surface area contributed by atoms with E-state index < -0.39 is 0 Å². The summed E-state index contributed by atoms with van der Waals surface area (Å²) in [5.41, 5.74) is 7.30. The van der Waals surface area contributed by atoms with E-state index in [9.17, 15) is 4.79 Å². The highest BCUT2D eigenvalue weighted by molar-refractivity contribution is 5.93. The molecular weight excluding hydrogens is 252 g/mol. The molecule has 0 bridgehead atoms. The molecule has 1 aromatic heterocycles. The average molecular weight is 278 g/mol. The monoisotopic (exact) mass is 278 g/mol. The van der Waals surface area contributed by atoms with Crippen LogP contribution < -0.4 is 5.73 Å². The summed E-state index contributed by atoms with van der Waals surface area (Å²) in [7, 11) is 0. The average Bonchev–Trinajstić information content (AvgIpc) is 2.86. The lowest BCUT2D eigenvalue weighted by molar-refractivity contribution is 0.0629. The molecule has 1 fully saturated rings. The SMILES string of the molecule is CCn1nc(C)cc1C(=O)N(CCN)C1CCCCC1. The van der Waals surface area contributed by atoms with Crippen molar-refractivity contribution in [3.8, 4) is 0 Å². The molecule has 0 unspecified atom stereocenters. The normalized spacial score (nSPS) is 16.4. The summed E-state index contributed by atoms with van der Waals surface area (Å²) in [6.07, 6.45) is 5.92. The molecule has 1 saturated carbocycles. The van der Waals surface area contributed by atoms with Crippen LogP contribution in [0.15, 0.2) is 6.07 Å². The smallest absolute Gasteiger partial charge is 0.272 e. The highest BCUT2D eigenvalue weighted by Gasteiger charge is 2.27. The number of rotatable bonds is 5. The predicted molar refractivity (Wildman–Crippen MR) is 79.6 cm³/mol. The Hall–Kier alpha value is -1.36. The van der Waals surface area contributed by atoms with Crippen LogP contribution >= 0.6 is 0 Å². The molecule has 0 aliphatic heterocycles. The lowest BCUT2D eigenvalue weighted by atomic mass is 9.94. The summed E-state index contributed by atoms with van der Waals surface area (Å²) >= 11 is 0. The number of carbonyl (C=O) groups is 1. The molecule has 1 aromatic rings. The fourth-order valence-corrected chi connectivity index (χ4v) is 3.09. The first-order chi connectivity index (χ1) is 9.67. The van der Waals surface area contributed by atoms with Gasteiger partial charge in [0.1, 0.15) is 5.69 Å². The molecule has 1 heterocycles. The number of nitrogens with zero attached hydrogens (tertiary/aromatic N) is 3. The van der Waals surface area contributed by atoms with Crippen molar-refractivity contribution in [2.45, 2.75) is 58.5 Å². The number of hydrogen-bond donors (Lipinski definition) is 1. The van der Waals surface area contributed by atoms with Gasteiger partial charge < -0.3 is 10.6 Å². The summed E-state index contributed by atoms with van der Waals surface area (Å²) in [6, 6.07) is 2.23. The zero-order chi connectivity index (χ0) is 14.5. The van der Waals surface area contributed by atoms with E-state index >= 15 is 0 Å². The number of aromatic nitrogens is 2. The van der Waals surface area contributed by atoms with Crippen LogP contribution in [0.1, 0.15) is 55.2 Å². The van der Waals surface area contributed by atoms with Crippen LogP contribution in [0.4, 0.5) is 0 Å². The minimum absolute atomic E-state index is 0.0878. The quantitative estimate of drug-likeness (QED) is 0.895. The van der Waals surface area contributed by atoms with Gasteiger partial charge in [0.05, 0.1) is 5.69 Å². The summed E-state index contributed by atoms with van der Waals surface area (Å²) < 4.78 is 1.80. The van der Waals surface area contributed by atoms with Crippen molar-refractivity contribution in [2.24, 2.45) is 5.73 Å². The molecule has 5 nitrogen and oxygen atoms in total. The lowest BCUT2D eigenvalue weighted by Crippen LogP contribution is -2.44. The first-order valence-electron chi connectivity index (χ1n) is 7.72. The van der Waals surface area contributed by atoms with Gasteiger partial charge in [0.2, 0.25) is 0 Å². The topological polar surface area (TPSA) is 64.2 Å². The van der Waals surface area contributed by atoms with E-state index in [-0.39, 0.29) is 5.91 Å². The number of amides is 1. The Morgan fingerprint density at radius 2 is 2.15 bits per heavy atom. The highest BCUT2D eigenvalue weighted by Crippen LogP contribution is 2.24. The van der Waals surface area contributed by atoms with Crippen molar-refractivity contribution in [2.75, 3.05) is 13.1 Å². The summed E-state index contributed by atoms with van der Waals surface area (Å²) in [5.74, 6) is 0.0878. The van der Waals surface area contributed by atoms with Crippen molar-refractivity contribution in [1.82, 2.24) is 14.7 Å². The van der Waals surface area contributed by atoms with Crippen LogP contribution in [-0.2, 0) is 6.54 Å². The fraction of sp³-hybridized carbons (Fsp3) is 0.733. The van der Waals surface area contributed by atoms with E-state index in [0.717, 1.165) is 25.1 Å². The van der Waals surface area contributed by atoms with Crippen LogP contribution in [0.5, 0.6) is 0 Å². The van der Waals surface area contributed by atoms with Gasteiger partial charge in [-0.2, -0.15) is 5.10 Å². The van der Waals surface area contributed by atoms with Crippen molar-refractivity contribution < 1.29 is 4.79 Å². The van der Waals surface area contributed by atoms with Crippen LogP contribution in [0.2, 0.25) is 0 Å². The zero-order valence-electron chi connectivity index (χ0n) is 12.6. The molecule has 0 radical (unpaired) electrons. The van der Waals surface area contributed by atoms with E-state index in [1.54, 1.807) is 4.68 Å². The Morgan fingerprint density at radius 1 is 1.45 bits per heavy atom. The third-order valence-electron chi connectivity index (χ3n) is 4.07. The molecule has 2 N–H and O–H groups in total. The van der Waals surface area contributed by atoms with E-state index in [2.05, 4.69) is 5.10 Å². The molecule has 2 rings (SSSR count). The second-order valence-corrected chi connectivity index (χ2v) is 5.57. The lowest BCUT2D eigenvalue weighted by Gasteiger charge is -2.34. The molecule has 0 atom stereocenters. The van der Waals surface area contributed by atoms with Gasteiger partial charge in [-0.1, -0.05) is 19.3 Å². The Morgan fingerprint density at radius 3 is 2.75 bits per heavy atom. The maximum Gasteiger partial charge on any atom is 0.272 e. The molecule has 0 spiro atoms. The molecule has 1 amide bonds. The van der Waals surface area contributed by atoms with Gasteiger partial charge in [-0.25, -0.2) is 0 Å². The molecule has 5 heteroatoms. The molecule has 1 aliphatic carbocycles. The van der Waals surface area contributed by atoms with Crippen molar-refractivity contribution in [1.29, 1.82) is 0 Å². The molecule has 112 valence electrons.